The molecule has 0 spiro atoms. The van der Waals surface area contributed by atoms with Crippen LogP contribution in [-0.4, -0.2) is 24.0 Å². The molecule has 1 heterocycles. The van der Waals surface area contributed by atoms with Crippen molar-refractivity contribution in [3.63, 3.8) is 0 Å². The summed E-state index contributed by atoms with van der Waals surface area (Å²) in [5.74, 6) is 0.818. The minimum atomic E-state index is -0.0336. The van der Waals surface area contributed by atoms with Crippen molar-refractivity contribution in [2.75, 3.05) is 7.11 Å². The smallest absolute Gasteiger partial charge is 0.244 e. The first-order chi connectivity index (χ1) is 15.6. The molecule has 0 radical (unpaired) electrons. The Morgan fingerprint density at radius 3 is 2.62 bits per heavy atom. The number of methoxy groups -OCH3 is 1. The number of allylic oxidation sites excluding steroid dienone is 3. The quantitative estimate of drug-likeness (QED) is 0.209. The maximum atomic E-state index is 12.3. The Morgan fingerprint density at radius 1 is 1.12 bits per heavy atom. The lowest BCUT2D eigenvalue weighted by molar-refractivity contribution is -0.117. The highest BCUT2D eigenvalue weighted by Crippen LogP contribution is 2.23. The van der Waals surface area contributed by atoms with Crippen LogP contribution in [0.2, 0.25) is 0 Å². The van der Waals surface area contributed by atoms with Crippen molar-refractivity contribution in [1.82, 2.24) is 10.3 Å². The average Bonchev–Trinajstić information content (AvgIpc) is 2.81. The Morgan fingerprint density at radius 2 is 1.94 bits per heavy atom. The number of carbonyl (C=O) groups excluding carboxylic acids is 1. The molecular weight excluding hydrogens is 396 g/mol. The van der Waals surface area contributed by atoms with Crippen LogP contribution in [0.5, 0.6) is 5.75 Å². The van der Waals surface area contributed by atoms with E-state index in [1.165, 1.54) is 16.7 Å². The molecule has 1 amide bonds. The Balaban J connectivity index is 1.75. The standard InChI is InChI=1S/C28H38N2O2/c1-4-5-14-25(26-17-19-27(32-3)20-18-26)15-9-16-28(31)30-23(2)11-7-6-8-12-24-13-10-21-29-22-24/h9-10,13,15-23H,4-8,11-12,14H2,1-3H3,(H,30,31)/t23-/m1/s1. The Bertz CT molecular complexity index is 841. The van der Waals surface area contributed by atoms with Crippen molar-refractivity contribution >= 4 is 11.5 Å². The summed E-state index contributed by atoms with van der Waals surface area (Å²) in [5.41, 5.74) is 3.70. The van der Waals surface area contributed by atoms with Gasteiger partial charge in [0, 0.05) is 24.5 Å². The minimum Gasteiger partial charge on any atom is -0.497 e. The highest BCUT2D eigenvalue weighted by atomic mass is 16.5. The topological polar surface area (TPSA) is 51.2 Å². The van der Waals surface area contributed by atoms with E-state index < -0.39 is 0 Å². The minimum absolute atomic E-state index is 0.0336. The van der Waals surface area contributed by atoms with Gasteiger partial charge in [0.05, 0.1) is 7.11 Å². The van der Waals surface area contributed by atoms with Gasteiger partial charge in [-0.2, -0.15) is 0 Å². The molecule has 4 heteroatoms. The van der Waals surface area contributed by atoms with Crippen LogP contribution < -0.4 is 10.1 Å². The lowest BCUT2D eigenvalue weighted by Gasteiger charge is -2.12. The fourth-order valence-electron chi connectivity index (χ4n) is 3.61. The lowest BCUT2D eigenvalue weighted by atomic mass is 9.99. The number of nitrogens with zero attached hydrogens (tertiary/aromatic N) is 1. The summed E-state index contributed by atoms with van der Waals surface area (Å²) in [6.45, 7) is 4.27. The second kappa shape index (κ2) is 15.0. The van der Waals surface area contributed by atoms with Gasteiger partial charge in [-0.05, 0) is 73.9 Å². The van der Waals surface area contributed by atoms with Gasteiger partial charge in [0.2, 0.25) is 5.91 Å². The second-order valence-corrected chi connectivity index (χ2v) is 8.25. The van der Waals surface area contributed by atoms with E-state index in [0.717, 1.165) is 57.1 Å². The highest BCUT2D eigenvalue weighted by molar-refractivity contribution is 5.88. The number of nitrogens with one attached hydrogen (secondary N) is 1. The van der Waals surface area contributed by atoms with Gasteiger partial charge in [-0.25, -0.2) is 0 Å². The van der Waals surface area contributed by atoms with E-state index >= 15 is 0 Å². The van der Waals surface area contributed by atoms with E-state index in [1.54, 1.807) is 13.2 Å². The van der Waals surface area contributed by atoms with E-state index in [9.17, 15) is 4.79 Å². The van der Waals surface area contributed by atoms with Gasteiger partial charge in [0.1, 0.15) is 5.75 Å². The van der Waals surface area contributed by atoms with Crippen LogP contribution in [0.1, 0.15) is 69.9 Å². The van der Waals surface area contributed by atoms with Crippen molar-refractivity contribution in [2.45, 2.75) is 71.3 Å². The van der Waals surface area contributed by atoms with Crippen LogP contribution in [0, 0.1) is 0 Å². The van der Waals surface area contributed by atoms with Crippen molar-refractivity contribution in [1.29, 1.82) is 0 Å². The number of hydrogen-bond donors (Lipinski definition) is 1. The fraction of sp³-hybridized carbons (Fsp3) is 0.429. The number of hydrogen-bond acceptors (Lipinski definition) is 3. The highest BCUT2D eigenvalue weighted by Gasteiger charge is 2.05. The predicted octanol–water partition coefficient (Wildman–Crippen LogP) is 6.53. The molecule has 2 rings (SSSR count). The average molecular weight is 435 g/mol. The maximum absolute atomic E-state index is 12.3. The molecule has 1 aromatic carbocycles. The number of carbonyl (C=O) groups is 1. The molecule has 0 aliphatic carbocycles. The predicted molar refractivity (Wildman–Crippen MR) is 134 cm³/mol. The fourth-order valence-corrected chi connectivity index (χ4v) is 3.61. The van der Waals surface area contributed by atoms with E-state index in [1.807, 2.05) is 36.7 Å². The molecule has 0 saturated heterocycles. The first-order valence-electron chi connectivity index (χ1n) is 11.8. The zero-order valence-electron chi connectivity index (χ0n) is 19.8. The van der Waals surface area contributed by atoms with Gasteiger partial charge in [-0.3, -0.25) is 9.78 Å². The monoisotopic (exact) mass is 434 g/mol. The number of aryl methyl sites for hydroxylation is 1. The Kier molecular flexibility index (Phi) is 11.9. The zero-order chi connectivity index (χ0) is 23.0. The number of rotatable bonds is 14. The number of pyridine rings is 1. The van der Waals surface area contributed by atoms with Gasteiger partial charge >= 0.3 is 0 Å². The molecule has 0 unspecified atom stereocenters. The molecule has 0 aliphatic rings. The summed E-state index contributed by atoms with van der Waals surface area (Å²) in [5, 5.41) is 3.08. The molecule has 172 valence electrons. The van der Waals surface area contributed by atoms with E-state index in [0.29, 0.717) is 0 Å². The Labute approximate surface area is 193 Å². The van der Waals surface area contributed by atoms with Gasteiger partial charge in [-0.1, -0.05) is 56.5 Å². The molecule has 1 aromatic heterocycles. The third kappa shape index (κ3) is 9.95. The third-order valence-corrected chi connectivity index (χ3v) is 5.52. The van der Waals surface area contributed by atoms with Crippen molar-refractivity contribution < 1.29 is 9.53 Å². The van der Waals surface area contributed by atoms with Crippen LogP contribution in [0.3, 0.4) is 0 Å². The largest absolute Gasteiger partial charge is 0.497 e. The van der Waals surface area contributed by atoms with Crippen LogP contribution in [0.25, 0.3) is 5.57 Å². The van der Waals surface area contributed by atoms with Crippen molar-refractivity contribution in [3.05, 3.63) is 78.1 Å². The molecule has 0 bridgehead atoms. The summed E-state index contributed by atoms with van der Waals surface area (Å²) >= 11 is 0. The number of ether oxygens (including phenoxy) is 1. The normalized spacial score (nSPS) is 12.7. The van der Waals surface area contributed by atoms with E-state index in [2.05, 4.69) is 48.4 Å². The number of benzene rings is 1. The summed E-state index contributed by atoms with van der Waals surface area (Å²) in [6.07, 6.45) is 18.0. The van der Waals surface area contributed by atoms with Gasteiger partial charge < -0.3 is 10.1 Å². The van der Waals surface area contributed by atoms with Crippen LogP contribution in [0.4, 0.5) is 0 Å². The van der Waals surface area contributed by atoms with Gasteiger partial charge in [-0.15, -0.1) is 0 Å². The molecule has 1 atom stereocenters. The van der Waals surface area contributed by atoms with Crippen molar-refractivity contribution in [3.8, 4) is 5.75 Å². The zero-order valence-corrected chi connectivity index (χ0v) is 19.8. The summed E-state index contributed by atoms with van der Waals surface area (Å²) in [6, 6.07) is 12.4. The number of unbranched alkanes of at least 4 members (excludes halogenated alkanes) is 3. The Hall–Kier alpha value is -2.88. The molecule has 32 heavy (non-hydrogen) atoms. The molecule has 4 nitrogen and oxygen atoms in total. The maximum Gasteiger partial charge on any atom is 0.244 e. The van der Waals surface area contributed by atoms with Crippen LogP contribution in [0.15, 0.2) is 67.0 Å². The van der Waals surface area contributed by atoms with Gasteiger partial charge in [0.15, 0.2) is 0 Å². The lowest BCUT2D eigenvalue weighted by Crippen LogP contribution is -2.30. The molecule has 0 saturated carbocycles. The first kappa shape index (κ1) is 25.4. The second-order valence-electron chi connectivity index (χ2n) is 8.25. The summed E-state index contributed by atoms with van der Waals surface area (Å²) in [4.78, 5) is 16.4. The van der Waals surface area contributed by atoms with E-state index in [-0.39, 0.29) is 11.9 Å². The van der Waals surface area contributed by atoms with Crippen LogP contribution >= 0.6 is 0 Å². The molecule has 0 fully saturated rings. The summed E-state index contributed by atoms with van der Waals surface area (Å²) < 4.78 is 5.25. The van der Waals surface area contributed by atoms with Crippen LogP contribution in [-0.2, 0) is 11.2 Å². The molecule has 0 aliphatic heterocycles. The SMILES string of the molecule is CCCCC(=CC=CC(=O)N[C@H](C)CCCCCc1cccnc1)c1ccc(OC)cc1. The molecular formula is C28H38N2O2. The summed E-state index contributed by atoms with van der Waals surface area (Å²) in [7, 11) is 1.67. The molecule has 1 N–H and O–H groups in total. The molecule has 2 aromatic rings. The number of aromatic nitrogens is 1. The first-order valence-corrected chi connectivity index (χ1v) is 11.8. The van der Waals surface area contributed by atoms with Gasteiger partial charge in [0.25, 0.3) is 0 Å². The third-order valence-electron chi connectivity index (χ3n) is 5.52. The van der Waals surface area contributed by atoms with Crippen molar-refractivity contribution in [2.24, 2.45) is 0 Å². The number of amides is 1. The van der Waals surface area contributed by atoms with E-state index in [4.69, 9.17) is 4.74 Å².